The number of allylic oxidation sites excluding steroid dienone is 14. The minimum Gasteiger partial charge on any atom is -0.462 e. The zero-order valence-corrected chi connectivity index (χ0v) is 39.5. The molecule has 0 aliphatic heterocycles. The summed E-state index contributed by atoms with van der Waals surface area (Å²) in [5, 5.41) is 0. The Bertz CT molecular complexity index is 1270. The Kier molecular flexibility index (Phi) is 44.5. The average molecular weight is 874 g/mol. The minimum absolute atomic E-state index is 0.0360. The fourth-order valence-electron chi connectivity index (χ4n) is 6.22. The van der Waals surface area contributed by atoms with E-state index in [1.54, 1.807) is 0 Å². The summed E-state index contributed by atoms with van der Waals surface area (Å²) >= 11 is 0. The van der Waals surface area contributed by atoms with Crippen LogP contribution < -0.4 is 5.73 Å². The van der Waals surface area contributed by atoms with Crippen molar-refractivity contribution in [2.75, 3.05) is 26.4 Å². The molecule has 0 heterocycles. The lowest BCUT2D eigenvalue weighted by molar-refractivity contribution is -0.161. The van der Waals surface area contributed by atoms with E-state index in [9.17, 15) is 19.0 Å². The van der Waals surface area contributed by atoms with Gasteiger partial charge in [-0.15, -0.1) is 0 Å². The smallest absolute Gasteiger partial charge is 0.462 e. The molecule has 0 aromatic carbocycles. The van der Waals surface area contributed by atoms with Crippen LogP contribution in [-0.2, 0) is 32.7 Å². The summed E-state index contributed by atoms with van der Waals surface area (Å²) in [7, 11) is -4.41. The number of unbranched alkanes of at least 4 members (excludes halogenated alkanes) is 17. The van der Waals surface area contributed by atoms with Crippen molar-refractivity contribution in [1.29, 1.82) is 0 Å². The van der Waals surface area contributed by atoms with Crippen LogP contribution in [0.4, 0.5) is 0 Å². The van der Waals surface area contributed by atoms with Crippen molar-refractivity contribution < 1.29 is 37.6 Å². The number of nitrogens with two attached hydrogens (primary N) is 1. The van der Waals surface area contributed by atoms with E-state index in [2.05, 4.69) is 92.8 Å². The largest absolute Gasteiger partial charge is 0.472 e. The van der Waals surface area contributed by atoms with Gasteiger partial charge in [-0.2, -0.15) is 0 Å². The molecule has 2 atom stereocenters. The van der Waals surface area contributed by atoms with Crippen molar-refractivity contribution >= 4 is 19.8 Å². The molecule has 0 aromatic rings. The van der Waals surface area contributed by atoms with Crippen molar-refractivity contribution in [1.82, 2.24) is 0 Å². The summed E-state index contributed by atoms with van der Waals surface area (Å²) in [6.07, 6.45) is 59.3. The number of hydrogen-bond acceptors (Lipinski definition) is 8. The first-order valence-electron chi connectivity index (χ1n) is 24.1. The molecule has 0 radical (unpaired) electrons. The molecule has 0 aliphatic carbocycles. The first kappa shape index (κ1) is 58.2. The zero-order chi connectivity index (χ0) is 44.6. The predicted molar refractivity (Wildman–Crippen MR) is 256 cm³/mol. The Balaban J connectivity index is 4.22. The van der Waals surface area contributed by atoms with Crippen LogP contribution >= 0.6 is 7.82 Å². The van der Waals surface area contributed by atoms with Gasteiger partial charge in [0.2, 0.25) is 0 Å². The van der Waals surface area contributed by atoms with Gasteiger partial charge >= 0.3 is 19.8 Å². The van der Waals surface area contributed by atoms with Crippen LogP contribution in [0.15, 0.2) is 85.1 Å². The lowest BCUT2D eigenvalue weighted by Crippen LogP contribution is -2.29. The van der Waals surface area contributed by atoms with Crippen LogP contribution in [0.3, 0.4) is 0 Å². The molecule has 10 heteroatoms. The fraction of sp³-hybridized carbons (Fsp3) is 0.686. The second kappa shape index (κ2) is 46.7. The summed E-state index contributed by atoms with van der Waals surface area (Å²) in [4.78, 5) is 34.9. The molecule has 0 fully saturated rings. The van der Waals surface area contributed by atoms with Gasteiger partial charge < -0.3 is 20.1 Å². The Morgan fingerprint density at radius 1 is 0.508 bits per heavy atom. The molecule has 1 unspecified atom stereocenters. The Labute approximate surface area is 373 Å². The highest BCUT2D eigenvalue weighted by atomic mass is 31.2. The third kappa shape index (κ3) is 46.5. The fourth-order valence-corrected chi connectivity index (χ4v) is 6.98. The number of carbonyl (C=O) groups is 2. The molecular weight excluding hydrogens is 786 g/mol. The van der Waals surface area contributed by atoms with Crippen molar-refractivity contribution in [3.8, 4) is 0 Å². The molecule has 0 aromatic heterocycles. The highest BCUT2D eigenvalue weighted by Gasteiger charge is 2.25. The molecule has 0 spiro atoms. The third-order valence-electron chi connectivity index (χ3n) is 9.74. The maximum Gasteiger partial charge on any atom is 0.472 e. The first-order valence-corrected chi connectivity index (χ1v) is 25.6. The van der Waals surface area contributed by atoms with E-state index in [4.69, 9.17) is 24.3 Å². The molecule has 350 valence electrons. The molecule has 9 nitrogen and oxygen atoms in total. The molecule has 0 saturated carbocycles. The number of ether oxygens (including phenoxy) is 2. The van der Waals surface area contributed by atoms with E-state index in [-0.39, 0.29) is 32.6 Å². The number of phosphoric ester groups is 1. The summed E-state index contributed by atoms with van der Waals surface area (Å²) in [5.74, 6) is -0.951. The van der Waals surface area contributed by atoms with E-state index in [0.717, 1.165) is 64.2 Å². The second-order valence-electron chi connectivity index (χ2n) is 15.6. The summed E-state index contributed by atoms with van der Waals surface area (Å²) in [5.41, 5.74) is 5.35. The third-order valence-corrected chi connectivity index (χ3v) is 10.7. The van der Waals surface area contributed by atoms with Crippen LogP contribution in [0, 0.1) is 0 Å². The van der Waals surface area contributed by atoms with Gasteiger partial charge in [0, 0.05) is 19.4 Å². The number of hydrogen-bond donors (Lipinski definition) is 2. The van der Waals surface area contributed by atoms with Crippen molar-refractivity contribution in [2.24, 2.45) is 5.73 Å². The predicted octanol–water partition coefficient (Wildman–Crippen LogP) is 14.4. The molecule has 0 aliphatic rings. The molecule has 61 heavy (non-hydrogen) atoms. The molecule has 3 N–H and O–H groups in total. The highest BCUT2D eigenvalue weighted by Crippen LogP contribution is 2.43. The van der Waals surface area contributed by atoms with Gasteiger partial charge in [0.1, 0.15) is 6.61 Å². The number of rotatable bonds is 44. The zero-order valence-electron chi connectivity index (χ0n) is 38.6. The topological polar surface area (TPSA) is 134 Å². The van der Waals surface area contributed by atoms with Gasteiger partial charge in [0.25, 0.3) is 0 Å². The Morgan fingerprint density at radius 2 is 0.918 bits per heavy atom. The highest BCUT2D eigenvalue weighted by molar-refractivity contribution is 7.47. The normalized spacial score (nSPS) is 14.0. The summed E-state index contributed by atoms with van der Waals surface area (Å²) in [6, 6.07) is 0. The van der Waals surface area contributed by atoms with Gasteiger partial charge in [0.15, 0.2) is 6.10 Å². The lowest BCUT2D eigenvalue weighted by Gasteiger charge is -2.19. The standard InChI is InChI=1S/C51H88NO8P/c1-3-5-7-9-11-13-15-17-19-21-22-23-24-25-26-28-30-32-34-36-38-40-42-44-51(54)60-49(48-59-61(55,56)58-46-45-52)47-57-50(53)43-41-39-37-35-33-31-29-27-20-18-16-14-12-10-8-6-4-2/h6,8,12,14,18,20,28-31,35-38,49H,3-5,7,9-11,13,15-17,19,21-27,32-34,39-48,52H2,1-2H3,(H,55,56)/b8-6+,14-12+,20-18+,30-28+,31-29+,37-35+,38-36+/t49-/m1/s1. The maximum absolute atomic E-state index is 12.6. The molecule has 0 bridgehead atoms. The number of esters is 2. The van der Waals surface area contributed by atoms with Crippen LogP contribution in [0.25, 0.3) is 0 Å². The molecule has 0 amide bonds. The van der Waals surface area contributed by atoms with Crippen LogP contribution in [0.5, 0.6) is 0 Å². The van der Waals surface area contributed by atoms with Crippen LogP contribution in [0.2, 0.25) is 0 Å². The minimum atomic E-state index is -4.41. The SMILES string of the molecule is CC/C=C/C/C=C/C/C=C/C/C=C/C/C=C/CCCC(=O)OC[C@H](COP(=O)(O)OCCN)OC(=O)CCC/C=C/CC/C=C/CCCCCCCCCCCCCCCC. The van der Waals surface area contributed by atoms with Crippen molar-refractivity contribution in [2.45, 2.75) is 200 Å². The van der Waals surface area contributed by atoms with Crippen LogP contribution in [0.1, 0.15) is 194 Å². The Morgan fingerprint density at radius 3 is 1.41 bits per heavy atom. The van der Waals surface area contributed by atoms with E-state index in [1.165, 1.54) is 89.9 Å². The average Bonchev–Trinajstić information content (AvgIpc) is 3.25. The van der Waals surface area contributed by atoms with Crippen LogP contribution in [-0.4, -0.2) is 49.3 Å². The monoisotopic (exact) mass is 874 g/mol. The quantitative estimate of drug-likeness (QED) is 0.0265. The number of phosphoric acid groups is 1. The summed E-state index contributed by atoms with van der Waals surface area (Å²) in [6.45, 7) is 3.51. The number of carbonyl (C=O) groups excluding carboxylic acids is 2. The summed E-state index contributed by atoms with van der Waals surface area (Å²) < 4.78 is 32.7. The van der Waals surface area contributed by atoms with E-state index >= 15 is 0 Å². The van der Waals surface area contributed by atoms with Gasteiger partial charge in [-0.3, -0.25) is 18.6 Å². The van der Waals surface area contributed by atoms with Crippen molar-refractivity contribution in [3.05, 3.63) is 85.1 Å². The van der Waals surface area contributed by atoms with Crippen molar-refractivity contribution in [3.63, 3.8) is 0 Å². The van der Waals surface area contributed by atoms with Gasteiger partial charge in [0.05, 0.1) is 13.2 Å². The molecular formula is C51H88NO8P. The van der Waals surface area contributed by atoms with E-state index in [0.29, 0.717) is 12.8 Å². The second-order valence-corrected chi connectivity index (χ2v) is 17.0. The molecule has 0 saturated heterocycles. The lowest BCUT2D eigenvalue weighted by atomic mass is 10.0. The Hall–Kier alpha value is -2.81. The van der Waals surface area contributed by atoms with Gasteiger partial charge in [-0.1, -0.05) is 182 Å². The van der Waals surface area contributed by atoms with E-state index < -0.39 is 32.5 Å². The van der Waals surface area contributed by atoms with Gasteiger partial charge in [-0.25, -0.2) is 4.57 Å². The van der Waals surface area contributed by atoms with Gasteiger partial charge in [-0.05, 0) is 83.5 Å². The van der Waals surface area contributed by atoms with E-state index in [1.807, 2.05) is 6.08 Å². The first-order chi connectivity index (χ1) is 29.8. The maximum atomic E-state index is 12.6. The molecule has 0 rings (SSSR count).